The van der Waals surface area contributed by atoms with Crippen molar-refractivity contribution in [3.8, 4) is 5.69 Å². The van der Waals surface area contributed by atoms with Crippen molar-refractivity contribution in [2.75, 3.05) is 0 Å². The number of nitrogens with zero attached hydrogens (tertiary/aromatic N) is 2. The average Bonchev–Trinajstić information content (AvgIpc) is 2.89. The molecule has 3 aromatic rings. The predicted octanol–water partition coefficient (Wildman–Crippen LogP) is 4.04. The van der Waals surface area contributed by atoms with Crippen LogP contribution in [0.1, 0.15) is 22.5 Å². The summed E-state index contributed by atoms with van der Waals surface area (Å²) in [6, 6.07) is 15.4. The molecule has 0 saturated heterocycles. The van der Waals surface area contributed by atoms with Crippen LogP contribution in [0.3, 0.4) is 0 Å². The fourth-order valence-corrected chi connectivity index (χ4v) is 4.70. The first-order valence-corrected chi connectivity index (χ1v) is 10.4. The lowest BCUT2D eigenvalue weighted by atomic mass is 10.2. The SMILES string of the molecule is Cc1ccc(-n2nc(C)c(S(=O)(=O)NCc3cccc(Br)c3)c2C)cc1. The fourth-order valence-electron chi connectivity index (χ4n) is 2.85. The molecule has 26 heavy (non-hydrogen) atoms. The third-order valence-electron chi connectivity index (χ3n) is 4.13. The van der Waals surface area contributed by atoms with Crippen LogP contribution in [0.5, 0.6) is 0 Å². The van der Waals surface area contributed by atoms with Crippen LogP contribution in [-0.2, 0) is 16.6 Å². The molecule has 7 heteroatoms. The predicted molar refractivity (Wildman–Crippen MR) is 106 cm³/mol. The topological polar surface area (TPSA) is 64.0 Å². The van der Waals surface area contributed by atoms with Gasteiger partial charge in [-0.05, 0) is 50.6 Å². The lowest BCUT2D eigenvalue weighted by molar-refractivity contribution is 0.580. The van der Waals surface area contributed by atoms with Gasteiger partial charge in [-0.25, -0.2) is 17.8 Å². The highest BCUT2D eigenvalue weighted by Gasteiger charge is 2.24. The van der Waals surface area contributed by atoms with Crippen LogP contribution < -0.4 is 4.72 Å². The summed E-state index contributed by atoms with van der Waals surface area (Å²) in [5.74, 6) is 0. The lowest BCUT2D eigenvalue weighted by Crippen LogP contribution is -2.24. The Morgan fingerprint density at radius 1 is 1.08 bits per heavy atom. The maximum Gasteiger partial charge on any atom is 0.244 e. The monoisotopic (exact) mass is 433 g/mol. The fraction of sp³-hybridized carbons (Fsp3) is 0.211. The van der Waals surface area contributed by atoms with E-state index in [1.54, 1.807) is 18.5 Å². The van der Waals surface area contributed by atoms with Crippen molar-refractivity contribution in [3.63, 3.8) is 0 Å². The molecular formula is C19H20BrN3O2S. The Hall–Kier alpha value is -1.96. The first kappa shape index (κ1) is 18.8. The Morgan fingerprint density at radius 2 is 1.77 bits per heavy atom. The molecule has 0 atom stereocenters. The van der Waals surface area contributed by atoms with Gasteiger partial charge in [-0.2, -0.15) is 5.10 Å². The summed E-state index contributed by atoms with van der Waals surface area (Å²) in [5.41, 5.74) is 3.92. The molecule has 0 fully saturated rings. The van der Waals surface area contributed by atoms with Gasteiger partial charge in [-0.3, -0.25) is 0 Å². The summed E-state index contributed by atoms with van der Waals surface area (Å²) in [5, 5.41) is 4.44. The molecule has 0 radical (unpaired) electrons. The van der Waals surface area contributed by atoms with Crippen molar-refractivity contribution in [2.24, 2.45) is 0 Å². The van der Waals surface area contributed by atoms with Gasteiger partial charge < -0.3 is 0 Å². The van der Waals surface area contributed by atoms with E-state index in [1.807, 2.05) is 55.5 Å². The van der Waals surface area contributed by atoms with Gasteiger partial charge in [0.1, 0.15) is 4.90 Å². The number of halogens is 1. The number of aromatic nitrogens is 2. The zero-order valence-corrected chi connectivity index (χ0v) is 17.2. The van der Waals surface area contributed by atoms with Gasteiger partial charge >= 0.3 is 0 Å². The highest BCUT2D eigenvalue weighted by molar-refractivity contribution is 9.10. The number of benzene rings is 2. The minimum Gasteiger partial charge on any atom is -0.236 e. The summed E-state index contributed by atoms with van der Waals surface area (Å²) in [4.78, 5) is 0.230. The van der Waals surface area contributed by atoms with E-state index < -0.39 is 10.0 Å². The lowest BCUT2D eigenvalue weighted by Gasteiger charge is -2.09. The summed E-state index contributed by atoms with van der Waals surface area (Å²) < 4.78 is 31.0. The minimum atomic E-state index is -3.68. The maximum absolute atomic E-state index is 12.9. The highest BCUT2D eigenvalue weighted by Crippen LogP contribution is 2.23. The molecule has 2 aromatic carbocycles. The molecule has 5 nitrogen and oxygen atoms in total. The second kappa shape index (κ2) is 7.34. The van der Waals surface area contributed by atoms with Crippen LogP contribution in [0.15, 0.2) is 57.9 Å². The molecule has 0 unspecified atom stereocenters. The molecule has 0 saturated carbocycles. The van der Waals surface area contributed by atoms with Crippen LogP contribution in [0.25, 0.3) is 5.69 Å². The third-order valence-corrected chi connectivity index (χ3v) is 6.27. The van der Waals surface area contributed by atoms with Crippen LogP contribution in [0.2, 0.25) is 0 Å². The number of rotatable bonds is 5. The molecule has 0 aliphatic heterocycles. The van der Waals surface area contributed by atoms with Gasteiger partial charge in [0.15, 0.2) is 0 Å². The normalized spacial score (nSPS) is 11.7. The summed E-state index contributed by atoms with van der Waals surface area (Å²) in [6.07, 6.45) is 0. The first-order valence-electron chi connectivity index (χ1n) is 8.15. The van der Waals surface area contributed by atoms with E-state index in [9.17, 15) is 8.42 Å². The Labute approximate surface area is 162 Å². The largest absolute Gasteiger partial charge is 0.244 e. The van der Waals surface area contributed by atoms with Crippen LogP contribution in [0.4, 0.5) is 0 Å². The average molecular weight is 434 g/mol. The Kier molecular flexibility index (Phi) is 5.32. The van der Waals surface area contributed by atoms with Crippen molar-refractivity contribution in [1.82, 2.24) is 14.5 Å². The molecule has 0 aliphatic carbocycles. The zero-order chi connectivity index (χ0) is 18.9. The van der Waals surface area contributed by atoms with E-state index in [4.69, 9.17) is 0 Å². The molecule has 0 aliphatic rings. The Bertz CT molecular complexity index is 1040. The van der Waals surface area contributed by atoms with E-state index in [-0.39, 0.29) is 11.4 Å². The molecular weight excluding hydrogens is 414 g/mol. The van der Waals surface area contributed by atoms with Crippen molar-refractivity contribution in [3.05, 3.63) is 75.5 Å². The molecule has 0 spiro atoms. The third kappa shape index (κ3) is 3.90. The van der Waals surface area contributed by atoms with Crippen molar-refractivity contribution in [1.29, 1.82) is 0 Å². The van der Waals surface area contributed by atoms with Crippen molar-refractivity contribution >= 4 is 26.0 Å². The minimum absolute atomic E-state index is 0.219. The van der Waals surface area contributed by atoms with Gasteiger partial charge in [-0.15, -0.1) is 0 Å². The summed E-state index contributed by atoms with van der Waals surface area (Å²) >= 11 is 3.39. The van der Waals surface area contributed by atoms with Gasteiger partial charge in [0.2, 0.25) is 10.0 Å². The smallest absolute Gasteiger partial charge is 0.236 e. The second-order valence-electron chi connectivity index (χ2n) is 6.20. The molecule has 1 N–H and O–H groups in total. The van der Waals surface area contributed by atoms with Crippen molar-refractivity contribution in [2.45, 2.75) is 32.2 Å². The first-order chi connectivity index (χ1) is 12.3. The highest BCUT2D eigenvalue weighted by atomic mass is 79.9. The number of aryl methyl sites for hydroxylation is 2. The summed E-state index contributed by atoms with van der Waals surface area (Å²) in [6.45, 7) is 5.71. The van der Waals surface area contributed by atoms with Crippen LogP contribution in [0, 0.1) is 20.8 Å². The molecule has 1 heterocycles. The number of hydrogen-bond acceptors (Lipinski definition) is 3. The molecule has 1 aromatic heterocycles. The van der Waals surface area contributed by atoms with Gasteiger partial charge in [0, 0.05) is 11.0 Å². The van der Waals surface area contributed by atoms with Crippen LogP contribution in [-0.4, -0.2) is 18.2 Å². The van der Waals surface area contributed by atoms with Gasteiger partial charge in [-0.1, -0.05) is 45.8 Å². The number of nitrogens with one attached hydrogen (secondary N) is 1. The van der Waals surface area contributed by atoms with Crippen LogP contribution >= 0.6 is 15.9 Å². The standard InChI is InChI=1S/C19H20BrN3O2S/c1-13-7-9-18(10-8-13)23-15(3)19(14(2)22-23)26(24,25)21-12-16-5-4-6-17(20)11-16/h4-11,21H,12H2,1-3H3. The van der Waals surface area contributed by atoms with E-state index >= 15 is 0 Å². The molecule has 0 amide bonds. The van der Waals surface area contributed by atoms with Crippen molar-refractivity contribution < 1.29 is 8.42 Å². The molecule has 136 valence electrons. The quantitative estimate of drug-likeness (QED) is 0.660. The zero-order valence-electron chi connectivity index (χ0n) is 14.8. The molecule has 0 bridgehead atoms. The summed E-state index contributed by atoms with van der Waals surface area (Å²) in [7, 11) is -3.68. The van der Waals surface area contributed by atoms with E-state index in [0.29, 0.717) is 11.4 Å². The van der Waals surface area contributed by atoms with E-state index in [1.165, 1.54) is 0 Å². The number of hydrogen-bond donors (Lipinski definition) is 1. The Morgan fingerprint density at radius 3 is 2.42 bits per heavy atom. The van der Waals surface area contributed by atoms with Gasteiger partial charge in [0.25, 0.3) is 0 Å². The van der Waals surface area contributed by atoms with E-state index in [0.717, 1.165) is 21.3 Å². The molecule has 3 rings (SSSR count). The van der Waals surface area contributed by atoms with Gasteiger partial charge in [0.05, 0.1) is 17.1 Å². The Balaban J connectivity index is 1.91. The second-order valence-corrected chi connectivity index (χ2v) is 8.82. The van der Waals surface area contributed by atoms with E-state index in [2.05, 4.69) is 25.8 Å². The number of sulfonamides is 1. The maximum atomic E-state index is 12.9.